The number of ether oxygens (including phenoxy) is 1. The van der Waals surface area contributed by atoms with Gasteiger partial charge in [0.1, 0.15) is 0 Å². The van der Waals surface area contributed by atoms with Crippen LogP contribution in [0, 0.1) is 5.92 Å². The Balaban J connectivity index is 1.99. The zero-order chi connectivity index (χ0) is 11.7. The molecule has 1 aromatic heterocycles. The highest BCUT2D eigenvalue weighted by Gasteiger charge is 2.22. The van der Waals surface area contributed by atoms with Crippen molar-refractivity contribution in [3.63, 3.8) is 0 Å². The van der Waals surface area contributed by atoms with Crippen molar-refractivity contribution in [2.24, 2.45) is 5.92 Å². The van der Waals surface area contributed by atoms with Crippen molar-refractivity contribution < 1.29 is 9.84 Å². The van der Waals surface area contributed by atoms with Crippen molar-refractivity contribution in [3.05, 3.63) is 36.0 Å². The molecule has 0 bridgehead atoms. The standard InChI is InChI=1S/C14H15NO2/c16-8-12-7-11-3-1-2-4-13(11)14(15-12)17-9-10-5-6-10/h1-4,7,10,16H,5-6,8-9H2. The second kappa shape index (κ2) is 4.34. The Labute approximate surface area is 100 Å². The van der Waals surface area contributed by atoms with Crippen molar-refractivity contribution in [3.8, 4) is 5.88 Å². The van der Waals surface area contributed by atoms with Crippen LogP contribution in [0.1, 0.15) is 18.5 Å². The van der Waals surface area contributed by atoms with E-state index in [-0.39, 0.29) is 6.61 Å². The van der Waals surface area contributed by atoms with Crippen LogP contribution < -0.4 is 4.74 Å². The second-order valence-electron chi connectivity index (χ2n) is 4.55. The summed E-state index contributed by atoms with van der Waals surface area (Å²) in [6.45, 7) is 0.691. The molecule has 0 aliphatic heterocycles. The first-order chi connectivity index (χ1) is 8.36. The molecule has 2 aromatic rings. The third-order valence-corrected chi connectivity index (χ3v) is 3.07. The topological polar surface area (TPSA) is 42.4 Å². The quantitative estimate of drug-likeness (QED) is 0.876. The summed E-state index contributed by atoms with van der Waals surface area (Å²) in [5, 5.41) is 11.3. The minimum Gasteiger partial charge on any atom is -0.477 e. The van der Waals surface area contributed by atoms with E-state index in [1.165, 1.54) is 12.8 Å². The Morgan fingerprint density at radius 1 is 1.29 bits per heavy atom. The van der Waals surface area contributed by atoms with Gasteiger partial charge in [-0.2, -0.15) is 0 Å². The Bertz CT molecular complexity index is 535. The van der Waals surface area contributed by atoms with Crippen LogP contribution in [0.3, 0.4) is 0 Å². The van der Waals surface area contributed by atoms with Crippen molar-refractivity contribution in [1.29, 1.82) is 0 Å². The van der Waals surface area contributed by atoms with Gasteiger partial charge in [0.15, 0.2) is 0 Å². The van der Waals surface area contributed by atoms with Gasteiger partial charge in [-0.1, -0.05) is 18.2 Å². The summed E-state index contributed by atoms with van der Waals surface area (Å²) < 4.78 is 5.76. The molecule has 0 spiro atoms. The third kappa shape index (κ3) is 2.24. The average Bonchev–Trinajstić information content (AvgIpc) is 3.19. The molecule has 17 heavy (non-hydrogen) atoms. The summed E-state index contributed by atoms with van der Waals surface area (Å²) in [6, 6.07) is 9.88. The van der Waals surface area contributed by atoms with Crippen molar-refractivity contribution in [1.82, 2.24) is 4.98 Å². The molecule has 0 atom stereocenters. The second-order valence-corrected chi connectivity index (χ2v) is 4.55. The van der Waals surface area contributed by atoms with E-state index in [1.54, 1.807) is 0 Å². The first-order valence-corrected chi connectivity index (χ1v) is 5.99. The minimum absolute atomic E-state index is 0.0510. The number of aliphatic hydroxyl groups is 1. The average molecular weight is 229 g/mol. The Morgan fingerprint density at radius 2 is 2.12 bits per heavy atom. The van der Waals surface area contributed by atoms with Crippen LogP contribution in [-0.4, -0.2) is 16.7 Å². The molecule has 3 heteroatoms. The molecule has 1 aliphatic rings. The lowest BCUT2D eigenvalue weighted by molar-refractivity contribution is 0.266. The fourth-order valence-electron chi connectivity index (χ4n) is 1.89. The first-order valence-electron chi connectivity index (χ1n) is 5.99. The van der Waals surface area contributed by atoms with Crippen LogP contribution in [0.2, 0.25) is 0 Å². The Morgan fingerprint density at radius 3 is 2.88 bits per heavy atom. The van der Waals surface area contributed by atoms with Gasteiger partial charge in [-0.25, -0.2) is 4.98 Å². The predicted octanol–water partition coefficient (Wildman–Crippen LogP) is 2.52. The van der Waals surface area contributed by atoms with Crippen molar-refractivity contribution in [2.45, 2.75) is 19.4 Å². The van der Waals surface area contributed by atoms with Gasteiger partial charge in [-0.3, -0.25) is 0 Å². The number of rotatable bonds is 4. The summed E-state index contributed by atoms with van der Waals surface area (Å²) in [6.07, 6.45) is 2.52. The molecule has 0 saturated heterocycles. The lowest BCUT2D eigenvalue weighted by Crippen LogP contribution is -2.03. The molecule has 0 radical (unpaired) electrons. The van der Waals surface area contributed by atoms with Gasteiger partial charge < -0.3 is 9.84 Å². The fraction of sp³-hybridized carbons (Fsp3) is 0.357. The molecule has 1 saturated carbocycles. The molecule has 1 heterocycles. The predicted molar refractivity (Wildman–Crippen MR) is 65.9 cm³/mol. The van der Waals surface area contributed by atoms with E-state index in [9.17, 15) is 5.11 Å². The van der Waals surface area contributed by atoms with Crippen molar-refractivity contribution in [2.75, 3.05) is 6.61 Å². The highest BCUT2D eigenvalue weighted by atomic mass is 16.5. The van der Waals surface area contributed by atoms with E-state index in [0.717, 1.165) is 17.4 Å². The third-order valence-electron chi connectivity index (χ3n) is 3.07. The van der Waals surface area contributed by atoms with Gasteiger partial charge in [-0.15, -0.1) is 0 Å². The number of fused-ring (bicyclic) bond motifs is 1. The van der Waals surface area contributed by atoms with Gasteiger partial charge in [0, 0.05) is 5.39 Å². The molecule has 1 aliphatic carbocycles. The fourth-order valence-corrected chi connectivity index (χ4v) is 1.89. The first kappa shape index (κ1) is 10.5. The normalized spacial score (nSPS) is 15.1. The monoisotopic (exact) mass is 229 g/mol. The molecular formula is C14H15NO2. The number of hydrogen-bond donors (Lipinski definition) is 1. The number of aromatic nitrogens is 1. The van der Waals surface area contributed by atoms with Crippen LogP contribution >= 0.6 is 0 Å². The van der Waals surface area contributed by atoms with Crippen LogP contribution in [0.25, 0.3) is 10.8 Å². The van der Waals surface area contributed by atoms with Crippen LogP contribution in [0.5, 0.6) is 5.88 Å². The van der Waals surface area contributed by atoms with E-state index < -0.39 is 0 Å². The molecule has 88 valence electrons. The molecule has 0 amide bonds. The maximum absolute atomic E-state index is 9.19. The maximum atomic E-state index is 9.19. The molecule has 3 rings (SSSR count). The Hall–Kier alpha value is -1.61. The molecule has 1 aromatic carbocycles. The lowest BCUT2D eigenvalue weighted by atomic mass is 10.1. The van der Waals surface area contributed by atoms with Crippen LogP contribution in [0.4, 0.5) is 0 Å². The number of nitrogens with zero attached hydrogens (tertiary/aromatic N) is 1. The SMILES string of the molecule is OCc1cc2ccccc2c(OCC2CC2)n1. The van der Waals surface area contributed by atoms with Gasteiger partial charge >= 0.3 is 0 Å². The van der Waals surface area contributed by atoms with Gasteiger partial charge in [-0.05, 0) is 36.3 Å². The van der Waals surface area contributed by atoms with Crippen molar-refractivity contribution >= 4 is 10.8 Å². The summed E-state index contributed by atoms with van der Waals surface area (Å²) in [4.78, 5) is 4.35. The van der Waals surface area contributed by atoms with Gasteiger partial charge in [0.05, 0.1) is 18.9 Å². The summed E-state index contributed by atoms with van der Waals surface area (Å²) in [5.74, 6) is 1.35. The summed E-state index contributed by atoms with van der Waals surface area (Å²) in [7, 11) is 0. The molecular weight excluding hydrogens is 214 g/mol. The van der Waals surface area contributed by atoms with Crippen LogP contribution in [-0.2, 0) is 6.61 Å². The van der Waals surface area contributed by atoms with Gasteiger partial charge in [0.2, 0.25) is 5.88 Å². The zero-order valence-corrected chi connectivity index (χ0v) is 9.60. The highest BCUT2D eigenvalue weighted by molar-refractivity contribution is 5.87. The summed E-state index contributed by atoms with van der Waals surface area (Å²) >= 11 is 0. The largest absolute Gasteiger partial charge is 0.477 e. The van der Waals surface area contributed by atoms with Gasteiger partial charge in [0.25, 0.3) is 0 Å². The number of aliphatic hydroxyl groups excluding tert-OH is 1. The molecule has 3 nitrogen and oxygen atoms in total. The van der Waals surface area contributed by atoms with E-state index in [4.69, 9.17) is 4.74 Å². The van der Waals surface area contributed by atoms with E-state index >= 15 is 0 Å². The maximum Gasteiger partial charge on any atom is 0.221 e. The number of hydrogen-bond acceptors (Lipinski definition) is 3. The zero-order valence-electron chi connectivity index (χ0n) is 9.60. The Kier molecular flexibility index (Phi) is 2.69. The lowest BCUT2D eigenvalue weighted by Gasteiger charge is -2.09. The molecule has 0 unspecified atom stereocenters. The summed E-state index contributed by atoms with van der Waals surface area (Å²) in [5.41, 5.74) is 0.662. The van der Waals surface area contributed by atoms with E-state index in [0.29, 0.717) is 17.5 Å². The van der Waals surface area contributed by atoms with Crippen LogP contribution in [0.15, 0.2) is 30.3 Å². The molecule has 1 N–H and O–H groups in total. The minimum atomic E-state index is -0.0510. The highest BCUT2D eigenvalue weighted by Crippen LogP contribution is 2.31. The van der Waals surface area contributed by atoms with E-state index in [2.05, 4.69) is 4.98 Å². The molecule has 1 fully saturated rings. The smallest absolute Gasteiger partial charge is 0.221 e. The number of pyridine rings is 1. The number of benzene rings is 1. The van der Waals surface area contributed by atoms with E-state index in [1.807, 2.05) is 30.3 Å².